The Kier molecular flexibility index (Phi) is 5.87. The molecule has 1 heterocycles. The Morgan fingerprint density at radius 3 is 2.95 bits per heavy atom. The predicted molar refractivity (Wildman–Crippen MR) is 82.4 cm³/mol. The maximum atomic E-state index is 3.62. The Morgan fingerprint density at radius 1 is 1.26 bits per heavy atom. The fourth-order valence-electron chi connectivity index (χ4n) is 2.82. The van der Waals surface area contributed by atoms with Crippen LogP contribution in [0.2, 0.25) is 0 Å². The van der Waals surface area contributed by atoms with E-state index in [0.717, 1.165) is 25.6 Å². The van der Waals surface area contributed by atoms with Gasteiger partial charge in [-0.3, -0.25) is 0 Å². The fourth-order valence-corrected chi connectivity index (χ4v) is 2.82. The average Bonchev–Trinajstić information content (AvgIpc) is 2.42. The van der Waals surface area contributed by atoms with Crippen LogP contribution in [0.1, 0.15) is 50.3 Å². The van der Waals surface area contributed by atoms with Crippen LogP contribution in [0.3, 0.4) is 0 Å². The summed E-state index contributed by atoms with van der Waals surface area (Å²) in [6.45, 7) is 7.91. The smallest absolute Gasteiger partial charge is 0.0449 e. The van der Waals surface area contributed by atoms with Gasteiger partial charge in [0.2, 0.25) is 0 Å². The first-order valence-corrected chi connectivity index (χ1v) is 7.79. The van der Waals surface area contributed by atoms with Gasteiger partial charge < -0.3 is 10.6 Å². The minimum atomic E-state index is 0.495. The quantitative estimate of drug-likeness (QED) is 0.735. The highest BCUT2D eigenvalue weighted by Gasteiger charge is 2.18. The summed E-state index contributed by atoms with van der Waals surface area (Å²) in [6.07, 6.45) is 5.17. The van der Waals surface area contributed by atoms with Gasteiger partial charge in [-0.15, -0.1) is 0 Å². The van der Waals surface area contributed by atoms with Gasteiger partial charge in [-0.05, 0) is 43.0 Å². The van der Waals surface area contributed by atoms with Crippen LogP contribution < -0.4 is 10.6 Å². The van der Waals surface area contributed by atoms with Gasteiger partial charge in [0, 0.05) is 12.6 Å². The van der Waals surface area contributed by atoms with Gasteiger partial charge in [0.15, 0.2) is 0 Å². The molecule has 19 heavy (non-hydrogen) atoms. The first-order valence-electron chi connectivity index (χ1n) is 7.79. The molecule has 1 aliphatic rings. The van der Waals surface area contributed by atoms with Crippen molar-refractivity contribution in [1.82, 2.24) is 10.6 Å². The lowest BCUT2D eigenvalue weighted by Crippen LogP contribution is -2.37. The normalized spacial score (nSPS) is 18.6. The number of rotatable bonds is 7. The molecule has 1 aliphatic heterocycles. The predicted octanol–water partition coefficient (Wildman–Crippen LogP) is 3.29. The second-order valence-corrected chi connectivity index (χ2v) is 6.05. The van der Waals surface area contributed by atoms with E-state index in [2.05, 4.69) is 48.7 Å². The molecular weight excluding hydrogens is 232 g/mol. The van der Waals surface area contributed by atoms with E-state index in [9.17, 15) is 0 Å². The second kappa shape index (κ2) is 7.66. The first-order chi connectivity index (χ1) is 9.27. The Morgan fingerprint density at radius 2 is 2.11 bits per heavy atom. The molecule has 0 bridgehead atoms. The highest BCUT2D eigenvalue weighted by molar-refractivity contribution is 5.32. The molecule has 0 fully saturated rings. The Labute approximate surface area is 118 Å². The minimum Gasteiger partial charge on any atom is -0.315 e. The van der Waals surface area contributed by atoms with Crippen molar-refractivity contribution < 1.29 is 0 Å². The SMILES string of the molecule is CC(C)CCCCNCC1NCCc2ccccc21. The summed E-state index contributed by atoms with van der Waals surface area (Å²) in [5.41, 5.74) is 3.01. The molecule has 0 radical (unpaired) electrons. The van der Waals surface area contributed by atoms with E-state index in [-0.39, 0.29) is 0 Å². The third kappa shape index (κ3) is 4.63. The van der Waals surface area contributed by atoms with Gasteiger partial charge in [0.05, 0.1) is 0 Å². The highest BCUT2D eigenvalue weighted by Crippen LogP contribution is 2.21. The number of nitrogens with one attached hydrogen (secondary N) is 2. The van der Waals surface area contributed by atoms with Crippen molar-refractivity contribution in [3.8, 4) is 0 Å². The van der Waals surface area contributed by atoms with Crippen molar-refractivity contribution in [2.75, 3.05) is 19.6 Å². The Balaban J connectivity index is 1.70. The summed E-state index contributed by atoms with van der Waals surface area (Å²) in [5, 5.41) is 7.23. The standard InChI is InChI=1S/C17H28N2/c1-14(2)7-5-6-11-18-13-17-16-9-4-3-8-15(16)10-12-19-17/h3-4,8-9,14,17-19H,5-7,10-13H2,1-2H3. The molecule has 0 aliphatic carbocycles. The average molecular weight is 260 g/mol. The number of fused-ring (bicyclic) bond motifs is 1. The van der Waals surface area contributed by atoms with E-state index in [4.69, 9.17) is 0 Å². The van der Waals surface area contributed by atoms with Crippen molar-refractivity contribution in [3.05, 3.63) is 35.4 Å². The highest BCUT2D eigenvalue weighted by atomic mass is 15.0. The molecule has 2 nitrogen and oxygen atoms in total. The third-order valence-electron chi connectivity index (χ3n) is 3.95. The van der Waals surface area contributed by atoms with Gasteiger partial charge in [0.1, 0.15) is 0 Å². The lowest BCUT2D eigenvalue weighted by molar-refractivity contribution is 0.456. The zero-order chi connectivity index (χ0) is 13.5. The molecule has 1 aromatic carbocycles. The van der Waals surface area contributed by atoms with Crippen molar-refractivity contribution in [2.45, 2.75) is 45.6 Å². The van der Waals surface area contributed by atoms with Crippen molar-refractivity contribution >= 4 is 0 Å². The number of benzene rings is 1. The molecular formula is C17H28N2. The van der Waals surface area contributed by atoms with Gasteiger partial charge in [-0.2, -0.15) is 0 Å². The fraction of sp³-hybridized carbons (Fsp3) is 0.647. The number of unbranched alkanes of at least 4 members (excludes halogenated alkanes) is 1. The number of hydrogen-bond acceptors (Lipinski definition) is 2. The van der Waals surface area contributed by atoms with E-state index in [0.29, 0.717) is 6.04 Å². The third-order valence-corrected chi connectivity index (χ3v) is 3.95. The van der Waals surface area contributed by atoms with E-state index in [1.165, 1.54) is 36.8 Å². The topological polar surface area (TPSA) is 24.1 Å². The minimum absolute atomic E-state index is 0.495. The van der Waals surface area contributed by atoms with Gasteiger partial charge in [-0.25, -0.2) is 0 Å². The summed E-state index contributed by atoms with van der Waals surface area (Å²) in [4.78, 5) is 0. The molecule has 1 atom stereocenters. The summed E-state index contributed by atoms with van der Waals surface area (Å²) >= 11 is 0. The summed E-state index contributed by atoms with van der Waals surface area (Å²) in [7, 11) is 0. The summed E-state index contributed by atoms with van der Waals surface area (Å²) in [5.74, 6) is 0.840. The lowest BCUT2D eigenvalue weighted by Gasteiger charge is -2.27. The van der Waals surface area contributed by atoms with Crippen molar-refractivity contribution in [3.63, 3.8) is 0 Å². The summed E-state index contributed by atoms with van der Waals surface area (Å²) < 4.78 is 0. The maximum absolute atomic E-state index is 3.62. The molecule has 1 unspecified atom stereocenters. The van der Waals surface area contributed by atoms with Crippen LogP contribution >= 0.6 is 0 Å². The Bertz CT molecular complexity index is 373. The molecule has 0 amide bonds. The first kappa shape index (κ1) is 14.5. The zero-order valence-electron chi connectivity index (χ0n) is 12.4. The Hall–Kier alpha value is -0.860. The zero-order valence-corrected chi connectivity index (χ0v) is 12.4. The monoisotopic (exact) mass is 260 g/mol. The van der Waals surface area contributed by atoms with Crippen molar-refractivity contribution in [1.29, 1.82) is 0 Å². The van der Waals surface area contributed by atoms with Crippen LogP contribution in [-0.4, -0.2) is 19.6 Å². The van der Waals surface area contributed by atoms with Crippen LogP contribution in [-0.2, 0) is 6.42 Å². The lowest BCUT2D eigenvalue weighted by atomic mass is 9.94. The van der Waals surface area contributed by atoms with Gasteiger partial charge in [-0.1, -0.05) is 51.0 Å². The van der Waals surface area contributed by atoms with Crippen LogP contribution in [0.5, 0.6) is 0 Å². The van der Waals surface area contributed by atoms with Crippen LogP contribution in [0, 0.1) is 5.92 Å². The number of hydrogen-bond donors (Lipinski definition) is 2. The molecule has 2 rings (SSSR count). The summed E-state index contributed by atoms with van der Waals surface area (Å²) in [6, 6.07) is 9.34. The van der Waals surface area contributed by atoms with Crippen LogP contribution in [0.4, 0.5) is 0 Å². The largest absolute Gasteiger partial charge is 0.315 e. The molecule has 0 saturated carbocycles. The molecule has 0 aromatic heterocycles. The van der Waals surface area contributed by atoms with Crippen LogP contribution in [0.25, 0.3) is 0 Å². The molecule has 2 heteroatoms. The van der Waals surface area contributed by atoms with E-state index >= 15 is 0 Å². The van der Waals surface area contributed by atoms with Gasteiger partial charge >= 0.3 is 0 Å². The maximum Gasteiger partial charge on any atom is 0.0449 e. The van der Waals surface area contributed by atoms with Crippen LogP contribution in [0.15, 0.2) is 24.3 Å². The van der Waals surface area contributed by atoms with E-state index in [1.54, 1.807) is 0 Å². The molecule has 2 N–H and O–H groups in total. The molecule has 106 valence electrons. The molecule has 1 aromatic rings. The van der Waals surface area contributed by atoms with E-state index < -0.39 is 0 Å². The second-order valence-electron chi connectivity index (χ2n) is 6.05. The molecule has 0 saturated heterocycles. The van der Waals surface area contributed by atoms with E-state index in [1.807, 2.05) is 0 Å². The van der Waals surface area contributed by atoms with Crippen molar-refractivity contribution in [2.24, 2.45) is 5.92 Å². The van der Waals surface area contributed by atoms with Gasteiger partial charge in [0.25, 0.3) is 0 Å². The molecule has 0 spiro atoms.